The number of H-pyrrole nitrogens is 2. The summed E-state index contributed by atoms with van der Waals surface area (Å²) in [4.78, 5) is 20.4. The highest BCUT2D eigenvalue weighted by Gasteiger charge is 2.02. The third-order valence-corrected chi connectivity index (χ3v) is 1.99. The molecule has 0 radical (unpaired) electrons. The standard InChI is InChI=1S/C8H5N5O/c14-8-9-2-6-4(12-8)1-5-7(11-6)3-10-13-5/h1-3H,(H2,9,12,14). The zero-order valence-electron chi connectivity index (χ0n) is 6.98. The van der Waals surface area contributed by atoms with Gasteiger partial charge < -0.3 is 9.97 Å². The van der Waals surface area contributed by atoms with Crippen LogP contribution in [0.15, 0.2) is 23.3 Å². The molecule has 0 saturated carbocycles. The van der Waals surface area contributed by atoms with Crippen molar-refractivity contribution in [1.29, 1.82) is 0 Å². The minimum Gasteiger partial charge on any atom is -0.312 e. The van der Waals surface area contributed by atoms with E-state index in [2.05, 4.69) is 25.1 Å². The van der Waals surface area contributed by atoms with Crippen LogP contribution in [0.4, 0.5) is 0 Å². The number of hydrogen-bond acceptors (Lipinski definition) is 4. The number of aromatic amines is 2. The first-order valence-electron chi connectivity index (χ1n) is 4.03. The van der Waals surface area contributed by atoms with E-state index in [0.717, 1.165) is 5.52 Å². The summed E-state index contributed by atoms with van der Waals surface area (Å²) in [6, 6.07) is 1.75. The molecule has 2 N–H and O–H groups in total. The van der Waals surface area contributed by atoms with Crippen molar-refractivity contribution in [1.82, 2.24) is 25.1 Å². The number of hydrogen-bond donors (Lipinski definition) is 2. The summed E-state index contributed by atoms with van der Waals surface area (Å²) in [7, 11) is 0. The molecule has 0 spiro atoms. The Bertz CT molecular complexity index is 668. The van der Waals surface area contributed by atoms with Crippen LogP contribution in [-0.4, -0.2) is 25.1 Å². The molecular weight excluding hydrogens is 182 g/mol. The summed E-state index contributed by atoms with van der Waals surface area (Å²) in [6.07, 6.45) is 3.14. The van der Waals surface area contributed by atoms with Gasteiger partial charge in [0.15, 0.2) is 0 Å². The predicted molar refractivity (Wildman–Crippen MR) is 49.8 cm³/mol. The van der Waals surface area contributed by atoms with Crippen molar-refractivity contribution in [2.75, 3.05) is 0 Å². The molecule has 6 heteroatoms. The van der Waals surface area contributed by atoms with E-state index in [0.29, 0.717) is 16.6 Å². The Kier molecular flexibility index (Phi) is 1.22. The summed E-state index contributed by atoms with van der Waals surface area (Å²) in [5.41, 5.74) is 2.48. The van der Waals surface area contributed by atoms with Gasteiger partial charge in [0.2, 0.25) is 0 Å². The number of aromatic nitrogens is 5. The van der Waals surface area contributed by atoms with Crippen molar-refractivity contribution in [3.8, 4) is 0 Å². The fourth-order valence-electron chi connectivity index (χ4n) is 1.36. The highest BCUT2D eigenvalue weighted by molar-refractivity contribution is 5.87. The lowest BCUT2D eigenvalue weighted by atomic mass is 10.3. The molecule has 3 rings (SSSR count). The maximum Gasteiger partial charge on any atom is 0.323 e. The molecule has 0 bridgehead atoms. The van der Waals surface area contributed by atoms with Crippen molar-refractivity contribution in [3.63, 3.8) is 0 Å². The quantitative estimate of drug-likeness (QED) is 0.526. The molecule has 3 aromatic rings. The fourth-order valence-corrected chi connectivity index (χ4v) is 1.36. The van der Waals surface area contributed by atoms with Crippen LogP contribution in [0.2, 0.25) is 0 Å². The van der Waals surface area contributed by atoms with Gasteiger partial charge in [-0.15, -0.1) is 5.10 Å². The molecule has 3 heterocycles. The second kappa shape index (κ2) is 2.38. The van der Waals surface area contributed by atoms with E-state index in [1.807, 2.05) is 0 Å². The summed E-state index contributed by atoms with van der Waals surface area (Å²) in [6.45, 7) is 0. The second-order valence-corrected chi connectivity index (χ2v) is 2.91. The number of pyridine rings is 1. The molecule has 0 fully saturated rings. The summed E-state index contributed by atoms with van der Waals surface area (Å²) >= 11 is 0. The number of fused-ring (bicyclic) bond motifs is 2. The zero-order valence-corrected chi connectivity index (χ0v) is 6.98. The van der Waals surface area contributed by atoms with Gasteiger partial charge in [0.25, 0.3) is 0 Å². The van der Waals surface area contributed by atoms with Crippen molar-refractivity contribution in [3.05, 3.63) is 28.9 Å². The van der Waals surface area contributed by atoms with Gasteiger partial charge in [-0.2, -0.15) is 5.10 Å². The molecule has 0 aliphatic heterocycles. The molecule has 14 heavy (non-hydrogen) atoms. The van der Waals surface area contributed by atoms with Gasteiger partial charge in [0.05, 0.1) is 11.7 Å². The van der Waals surface area contributed by atoms with Crippen LogP contribution >= 0.6 is 0 Å². The molecule has 0 aliphatic rings. The van der Waals surface area contributed by atoms with E-state index < -0.39 is 0 Å². The van der Waals surface area contributed by atoms with Crippen LogP contribution in [0.1, 0.15) is 0 Å². The van der Waals surface area contributed by atoms with Gasteiger partial charge in [-0.25, -0.2) is 9.78 Å². The lowest BCUT2D eigenvalue weighted by Crippen LogP contribution is -2.08. The molecule has 0 amide bonds. The van der Waals surface area contributed by atoms with Crippen molar-refractivity contribution in [2.45, 2.75) is 0 Å². The van der Waals surface area contributed by atoms with E-state index in [4.69, 9.17) is 0 Å². The zero-order chi connectivity index (χ0) is 9.54. The van der Waals surface area contributed by atoms with Gasteiger partial charge >= 0.3 is 5.69 Å². The first-order valence-corrected chi connectivity index (χ1v) is 4.03. The average molecular weight is 187 g/mol. The van der Waals surface area contributed by atoms with Crippen molar-refractivity contribution < 1.29 is 0 Å². The number of nitrogens with one attached hydrogen (secondary N) is 2. The first-order chi connectivity index (χ1) is 6.83. The SMILES string of the molecule is O=c1[nH]cc2nc3cnnc3cc2[nH]1. The minimum absolute atomic E-state index is 0.266. The van der Waals surface area contributed by atoms with Crippen LogP contribution in [0.3, 0.4) is 0 Å². The Balaban J connectivity index is 2.56. The summed E-state index contributed by atoms with van der Waals surface area (Å²) in [5.74, 6) is 0. The van der Waals surface area contributed by atoms with E-state index in [1.165, 1.54) is 0 Å². The molecule has 6 nitrogen and oxygen atoms in total. The molecule has 0 unspecified atom stereocenters. The van der Waals surface area contributed by atoms with Gasteiger partial charge in [0, 0.05) is 6.20 Å². The Hall–Kier alpha value is -2.24. The van der Waals surface area contributed by atoms with Crippen molar-refractivity contribution >= 4 is 22.1 Å². The van der Waals surface area contributed by atoms with Crippen molar-refractivity contribution in [2.24, 2.45) is 0 Å². The Labute approximate surface area is 77.0 Å². The van der Waals surface area contributed by atoms with Crippen LogP contribution in [-0.2, 0) is 0 Å². The topological polar surface area (TPSA) is 87.3 Å². The largest absolute Gasteiger partial charge is 0.323 e. The highest BCUT2D eigenvalue weighted by atomic mass is 16.1. The Morgan fingerprint density at radius 1 is 1.21 bits per heavy atom. The molecule has 68 valence electrons. The Morgan fingerprint density at radius 3 is 3.07 bits per heavy atom. The number of rotatable bonds is 0. The van der Waals surface area contributed by atoms with Crippen LogP contribution in [0, 0.1) is 0 Å². The van der Waals surface area contributed by atoms with Crippen LogP contribution < -0.4 is 5.69 Å². The molecule has 3 aromatic heterocycles. The third-order valence-electron chi connectivity index (χ3n) is 1.99. The summed E-state index contributed by atoms with van der Waals surface area (Å²) < 4.78 is 0. The van der Waals surface area contributed by atoms with E-state index in [9.17, 15) is 4.79 Å². The number of nitrogens with zero attached hydrogens (tertiary/aromatic N) is 3. The average Bonchev–Trinajstić information content (AvgIpc) is 2.61. The lowest BCUT2D eigenvalue weighted by Gasteiger charge is -1.95. The molecule has 0 aliphatic carbocycles. The normalized spacial score (nSPS) is 11.1. The van der Waals surface area contributed by atoms with Gasteiger partial charge in [-0.3, -0.25) is 0 Å². The van der Waals surface area contributed by atoms with Gasteiger partial charge in [-0.05, 0) is 6.07 Å². The lowest BCUT2D eigenvalue weighted by molar-refractivity contribution is 1.11. The van der Waals surface area contributed by atoms with Crippen LogP contribution in [0.25, 0.3) is 22.1 Å². The monoisotopic (exact) mass is 187 g/mol. The predicted octanol–water partition coefficient (Wildman–Crippen LogP) is 0.194. The molecule has 0 atom stereocenters. The van der Waals surface area contributed by atoms with Gasteiger partial charge in [0.1, 0.15) is 16.6 Å². The second-order valence-electron chi connectivity index (χ2n) is 2.91. The highest BCUT2D eigenvalue weighted by Crippen LogP contribution is 2.13. The Morgan fingerprint density at radius 2 is 2.14 bits per heavy atom. The summed E-state index contributed by atoms with van der Waals surface area (Å²) in [5, 5.41) is 7.59. The molecule has 0 saturated heterocycles. The maximum atomic E-state index is 11.0. The maximum absolute atomic E-state index is 11.0. The smallest absolute Gasteiger partial charge is 0.312 e. The van der Waals surface area contributed by atoms with E-state index in [1.54, 1.807) is 18.5 Å². The fraction of sp³-hybridized carbons (Fsp3) is 0. The van der Waals surface area contributed by atoms with Crippen LogP contribution in [0.5, 0.6) is 0 Å². The van der Waals surface area contributed by atoms with Gasteiger partial charge in [-0.1, -0.05) is 0 Å². The van der Waals surface area contributed by atoms with E-state index in [-0.39, 0.29) is 5.69 Å². The van der Waals surface area contributed by atoms with E-state index >= 15 is 0 Å². The molecule has 0 aromatic carbocycles. The minimum atomic E-state index is -0.266. The third kappa shape index (κ3) is 0.905. The first kappa shape index (κ1) is 7.19. The molecular formula is C8H5N5O.